The van der Waals surface area contributed by atoms with Gasteiger partial charge in [-0.05, 0) is 43.7 Å². The van der Waals surface area contributed by atoms with Crippen LogP contribution in [0.3, 0.4) is 0 Å². The van der Waals surface area contributed by atoms with Gasteiger partial charge in [-0.2, -0.15) is 0 Å². The van der Waals surface area contributed by atoms with Gasteiger partial charge < -0.3 is 15.7 Å². The van der Waals surface area contributed by atoms with Crippen LogP contribution in [0.2, 0.25) is 0 Å². The predicted molar refractivity (Wildman–Crippen MR) is 98.1 cm³/mol. The first-order valence-corrected chi connectivity index (χ1v) is 8.35. The SMILES string of the molecule is CC(C)NC(=O)c1ccc(C(=O)N[C@@H](Cc2ccccc2)C(=O)O)cc1. The highest BCUT2D eigenvalue weighted by Crippen LogP contribution is 2.08. The quantitative estimate of drug-likeness (QED) is 0.711. The maximum absolute atomic E-state index is 12.3. The summed E-state index contributed by atoms with van der Waals surface area (Å²) in [7, 11) is 0. The highest BCUT2D eigenvalue weighted by atomic mass is 16.4. The third-order valence-electron chi connectivity index (χ3n) is 3.72. The van der Waals surface area contributed by atoms with Crippen LogP contribution in [-0.2, 0) is 11.2 Å². The lowest BCUT2D eigenvalue weighted by atomic mass is 10.0. The molecule has 26 heavy (non-hydrogen) atoms. The summed E-state index contributed by atoms with van der Waals surface area (Å²) in [4.78, 5) is 35.7. The molecule has 0 fully saturated rings. The number of hydrogen-bond donors (Lipinski definition) is 3. The van der Waals surface area contributed by atoms with Crippen molar-refractivity contribution in [2.45, 2.75) is 32.4 Å². The second-order valence-electron chi connectivity index (χ2n) is 6.26. The molecule has 2 amide bonds. The van der Waals surface area contributed by atoms with Gasteiger partial charge >= 0.3 is 5.97 Å². The molecule has 0 bridgehead atoms. The molecule has 2 aromatic carbocycles. The zero-order valence-corrected chi connectivity index (χ0v) is 14.7. The van der Waals surface area contributed by atoms with Crippen molar-refractivity contribution in [2.24, 2.45) is 0 Å². The molecule has 6 nitrogen and oxygen atoms in total. The minimum Gasteiger partial charge on any atom is -0.480 e. The Bertz CT molecular complexity index is 770. The molecule has 0 spiro atoms. The zero-order chi connectivity index (χ0) is 19.1. The Labute approximate surface area is 152 Å². The van der Waals surface area contributed by atoms with Crippen LogP contribution in [0.15, 0.2) is 54.6 Å². The van der Waals surface area contributed by atoms with E-state index in [2.05, 4.69) is 10.6 Å². The topological polar surface area (TPSA) is 95.5 Å². The summed E-state index contributed by atoms with van der Waals surface area (Å²) >= 11 is 0. The lowest BCUT2D eigenvalue weighted by Crippen LogP contribution is -2.42. The van der Waals surface area contributed by atoms with E-state index in [1.54, 1.807) is 12.1 Å². The van der Waals surface area contributed by atoms with E-state index < -0.39 is 17.9 Å². The van der Waals surface area contributed by atoms with Crippen molar-refractivity contribution in [1.82, 2.24) is 10.6 Å². The first-order chi connectivity index (χ1) is 12.4. The number of amides is 2. The molecule has 0 aliphatic carbocycles. The summed E-state index contributed by atoms with van der Waals surface area (Å²) < 4.78 is 0. The molecule has 0 saturated carbocycles. The Kier molecular flexibility index (Phi) is 6.49. The van der Waals surface area contributed by atoms with Gasteiger partial charge in [0.15, 0.2) is 0 Å². The molecule has 3 N–H and O–H groups in total. The zero-order valence-electron chi connectivity index (χ0n) is 14.7. The average Bonchev–Trinajstić information content (AvgIpc) is 2.61. The van der Waals surface area contributed by atoms with Crippen molar-refractivity contribution in [3.05, 3.63) is 71.3 Å². The fourth-order valence-corrected chi connectivity index (χ4v) is 2.41. The van der Waals surface area contributed by atoms with Crippen LogP contribution >= 0.6 is 0 Å². The van der Waals surface area contributed by atoms with Crippen molar-refractivity contribution < 1.29 is 19.5 Å². The largest absolute Gasteiger partial charge is 0.480 e. The van der Waals surface area contributed by atoms with E-state index in [0.717, 1.165) is 5.56 Å². The second kappa shape index (κ2) is 8.80. The minimum atomic E-state index is -1.10. The number of nitrogens with one attached hydrogen (secondary N) is 2. The van der Waals surface area contributed by atoms with Crippen LogP contribution in [-0.4, -0.2) is 35.0 Å². The van der Waals surface area contributed by atoms with Crippen LogP contribution in [0.4, 0.5) is 0 Å². The molecular weight excluding hydrogens is 332 g/mol. The highest BCUT2D eigenvalue weighted by molar-refractivity contribution is 5.99. The molecule has 0 aliphatic heterocycles. The van der Waals surface area contributed by atoms with Crippen molar-refractivity contribution >= 4 is 17.8 Å². The van der Waals surface area contributed by atoms with E-state index in [9.17, 15) is 19.5 Å². The molecule has 0 heterocycles. The fourth-order valence-electron chi connectivity index (χ4n) is 2.41. The molecule has 0 aromatic heterocycles. The molecule has 2 rings (SSSR count). The number of carboxylic acid groups (broad SMARTS) is 1. The van der Waals surface area contributed by atoms with Gasteiger partial charge in [0.25, 0.3) is 11.8 Å². The van der Waals surface area contributed by atoms with E-state index >= 15 is 0 Å². The van der Waals surface area contributed by atoms with Crippen molar-refractivity contribution in [3.8, 4) is 0 Å². The maximum atomic E-state index is 12.3. The van der Waals surface area contributed by atoms with Gasteiger partial charge in [0.1, 0.15) is 6.04 Å². The predicted octanol–water partition coefficient (Wildman–Crippen LogP) is 2.25. The van der Waals surface area contributed by atoms with Gasteiger partial charge in [0.2, 0.25) is 0 Å². The molecule has 136 valence electrons. The molecule has 0 radical (unpaired) electrons. The average molecular weight is 354 g/mol. The van der Waals surface area contributed by atoms with Crippen LogP contribution < -0.4 is 10.6 Å². The van der Waals surface area contributed by atoms with E-state index in [1.165, 1.54) is 12.1 Å². The Balaban J connectivity index is 2.05. The first kappa shape index (κ1) is 19.2. The third kappa shape index (κ3) is 5.44. The van der Waals surface area contributed by atoms with E-state index in [-0.39, 0.29) is 18.4 Å². The number of hydrogen-bond acceptors (Lipinski definition) is 3. The molecule has 0 aliphatic rings. The number of carbonyl (C=O) groups is 3. The van der Waals surface area contributed by atoms with Crippen molar-refractivity contribution in [3.63, 3.8) is 0 Å². The lowest BCUT2D eigenvalue weighted by molar-refractivity contribution is -0.139. The summed E-state index contributed by atoms with van der Waals surface area (Å²) in [6.07, 6.45) is 0.191. The molecule has 6 heteroatoms. The number of carboxylic acids is 1. The summed E-state index contributed by atoms with van der Waals surface area (Å²) in [6.45, 7) is 3.72. The number of aliphatic carboxylic acids is 1. The van der Waals surface area contributed by atoms with Crippen LogP contribution in [0.1, 0.15) is 40.1 Å². The highest BCUT2D eigenvalue weighted by Gasteiger charge is 2.21. The monoisotopic (exact) mass is 354 g/mol. The normalized spacial score (nSPS) is 11.7. The van der Waals surface area contributed by atoms with Gasteiger partial charge in [-0.1, -0.05) is 30.3 Å². The summed E-state index contributed by atoms with van der Waals surface area (Å²) in [5, 5.41) is 14.7. The van der Waals surface area contributed by atoms with E-state index in [0.29, 0.717) is 11.1 Å². The van der Waals surface area contributed by atoms with Crippen molar-refractivity contribution in [2.75, 3.05) is 0 Å². The number of benzene rings is 2. The van der Waals surface area contributed by atoms with Gasteiger partial charge in [-0.25, -0.2) is 4.79 Å². The van der Waals surface area contributed by atoms with Crippen LogP contribution in [0, 0.1) is 0 Å². The second-order valence-corrected chi connectivity index (χ2v) is 6.26. The number of rotatable bonds is 7. The first-order valence-electron chi connectivity index (χ1n) is 8.35. The van der Waals surface area contributed by atoms with Gasteiger partial charge in [-0.15, -0.1) is 0 Å². The maximum Gasteiger partial charge on any atom is 0.326 e. The summed E-state index contributed by atoms with van der Waals surface area (Å²) in [5.74, 6) is -1.82. The Hall–Kier alpha value is -3.15. The van der Waals surface area contributed by atoms with Gasteiger partial charge in [-0.3, -0.25) is 9.59 Å². The van der Waals surface area contributed by atoms with E-state index in [4.69, 9.17) is 0 Å². The van der Waals surface area contributed by atoms with Gasteiger partial charge in [0, 0.05) is 23.6 Å². The third-order valence-corrected chi connectivity index (χ3v) is 3.72. The smallest absolute Gasteiger partial charge is 0.326 e. The fraction of sp³-hybridized carbons (Fsp3) is 0.250. The van der Waals surface area contributed by atoms with Crippen LogP contribution in [0.5, 0.6) is 0 Å². The molecule has 1 atom stereocenters. The van der Waals surface area contributed by atoms with Crippen LogP contribution in [0.25, 0.3) is 0 Å². The van der Waals surface area contributed by atoms with Gasteiger partial charge in [0.05, 0.1) is 0 Å². The Morgan fingerprint density at radius 3 is 1.81 bits per heavy atom. The Morgan fingerprint density at radius 2 is 1.35 bits per heavy atom. The minimum absolute atomic E-state index is 0.0137. The molecule has 2 aromatic rings. The summed E-state index contributed by atoms with van der Waals surface area (Å²) in [6, 6.07) is 14.2. The lowest BCUT2D eigenvalue weighted by Gasteiger charge is -2.15. The van der Waals surface area contributed by atoms with Crippen molar-refractivity contribution in [1.29, 1.82) is 0 Å². The molecule has 0 saturated heterocycles. The molecule has 0 unspecified atom stereocenters. The number of carbonyl (C=O) groups excluding carboxylic acids is 2. The van der Waals surface area contributed by atoms with E-state index in [1.807, 2.05) is 44.2 Å². The molecular formula is C20H22N2O4. The standard InChI is InChI=1S/C20H22N2O4/c1-13(2)21-18(23)15-8-10-16(11-9-15)19(24)22-17(20(25)26)12-14-6-4-3-5-7-14/h3-11,13,17H,12H2,1-2H3,(H,21,23)(H,22,24)(H,25,26)/t17-/m0/s1. The summed E-state index contributed by atoms with van der Waals surface area (Å²) in [5.41, 5.74) is 1.56. The Morgan fingerprint density at radius 1 is 0.846 bits per heavy atom.